The predicted octanol–water partition coefficient (Wildman–Crippen LogP) is 3.47. The van der Waals surface area contributed by atoms with Crippen LogP contribution in [0.5, 0.6) is 0 Å². The molecule has 2 aromatic heterocycles. The maximum absolute atomic E-state index is 6.06. The molecule has 0 aromatic carbocycles. The molecule has 0 atom stereocenters. The third-order valence-corrected chi connectivity index (χ3v) is 3.44. The van der Waals surface area contributed by atoms with E-state index in [0.717, 1.165) is 35.9 Å². The molecular weight excluding hydrogens is 256 g/mol. The zero-order valence-corrected chi connectivity index (χ0v) is 11.2. The van der Waals surface area contributed by atoms with Crippen LogP contribution >= 0.6 is 22.9 Å². The first-order chi connectivity index (χ1) is 8.29. The lowest BCUT2D eigenvalue weighted by atomic mass is 10.2. The number of nitrogens with one attached hydrogen (secondary N) is 2. The number of halogens is 1. The summed E-state index contributed by atoms with van der Waals surface area (Å²) in [5.74, 6) is 0.966. The Morgan fingerprint density at radius 1 is 1.53 bits per heavy atom. The summed E-state index contributed by atoms with van der Waals surface area (Å²) in [5, 5.41) is 6.59. The number of anilines is 1. The zero-order valence-electron chi connectivity index (χ0n) is 9.66. The average Bonchev–Trinajstić information content (AvgIpc) is 2.93. The van der Waals surface area contributed by atoms with E-state index in [1.165, 1.54) is 0 Å². The van der Waals surface area contributed by atoms with Crippen LogP contribution in [-0.4, -0.2) is 15.0 Å². The number of unbranched alkanes of at least 4 members (excludes halogenated alkanes) is 1. The van der Waals surface area contributed by atoms with Gasteiger partial charge < -0.3 is 10.3 Å². The second-order valence-electron chi connectivity index (χ2n) is 3.75. The van der Waals surface area contributed by atoms with E-state index in [1.54, 1.807) is 17.5 Å². The Kier molecular flexibility index (Phi) is 4.39. The van der Waals surface area contributed by atoms with Crippen LogP contribution in [0.4, 0.5) is 5.13 Å². The molecule has 0 radical (unpaired) electrons. The summed E-state index contributed by atoms with van der Waals surface area (Å²) >= 11 is 7.63. The molecule has 0 amide bonds. The number of thiazole rings is 1. The van der Waals surface area contributed by atoms with Gasteiger partial charge in [-0.3, -0.25) is 0 Å². The van der Waals surface area contributed by atoms with Crippen LogP contribution in [0.15, 0.2) is 11.6 Å². The van der Waals surface area contributed by atoms with Crippen LogP contribution in [0.25, 0.3) is 0 Å². The standard InChI is InChI=1S/C11H15ClN4S/c1-2-3-4-9-15-8(10(12)16-9)7-14-11-13-5-6-17-11/h5-6H,2-4,7H2,1H3,(H,13,14)(H,15,16). The van der Waals surface area contributed by atoms with Gasteiger partial charge in [0, 0.05) is 18.0 Å². The van der Waals surface area contributed by atoms with E-state index in [4.69, 9.17) is 11.6 Å². The van der Waals surface area contributed by atoms with Crippen molar-refractivity contribution in [3.05, 3.63) is 28.2 Å². The fraction of sp³-hybridized carbons (Fsp3) is 0.455. The predicted molar refractivity (Wildman–Crippen MR) is 71.7 cm³/mol. The average molecular weight is 271 g/mol. The van der Waals surface area contributed by atoms with Crippen molar-refractivity contribution in [3.63, 3.8) is 0 Å². The number of rotatable bonds is 6. The fourth-order valence-corrected chi connectivity index (χ4v) is 2.24. The van der Waals surface area contributed by atoms with Crippen LogP contribution in [0, 0.1) is 0 Å². The van der Waals surface area contributed by atoms with Crippen LogP contribution in [0.3, 0.4) is 0 Å². The summed E-state index contributed by atoms with van der Waals surface area (Å²) in [6.45, 7) is 2.79. The van der Waals surface area contributed by atoms with Crippen molar-refractivity contribution in [2.24, 2.45) is 0 Å². The van der Waals surface area contributed by atoms with Gasteiger partial charge >= 0.3 is 0 Å². The van der Waals surface area contributed by atoms with E-state index in [9.17, 15) is 0 Å². The summed E-state index contributed by atoms with van der Waals surface area (Å²) in [7, 11) is 0. The van der Waals surface area contributed by atoms with Gasteiger partial charge in [-0.15, -0.1) is 11.3 Å². The number of H-pyrrole nitrogens is 1. The molecule has 2 heterocycles. The maximum Gasteiger partial charge on any atom is 0.182 e. The Hall–Kier alpha value is -1.07. The molecule has 0 unspecified atom stereocenters. The molecule has 92 valence electrons. The molecule has 0 aliphatic rings. The first-order valence-corrected chi connectivity index (χ1v) is 6.92. The summed E-state index contributed by atoms with van der Waals surface area (Å²) < 4.78 is 0. The van der Waals surface area contributed by atoms with E-state index in [2.05, 4.69) is 27.2 Å². The SMILES string of the molecule is CCCCc1nc(Cl)c(CNc2nccs2)[nH]1. The molecule has 2 N–H and O–H groups in total. The lowest BCUT2D eigenvalue weighted by Crippen LogP contribution is -2.00. The lowest BCUT2D eigenvalue weighted by Gasteiger charge is -1.99. The summed E-state index contributed by atoms with van der Waals surface area (Å²) in [4.78, 5) is 11.7. The number of aromatic nitrogens is 3. The summed E-state index contributed by atoms with van der Waals surface area (Å²) in [6, 6.07) is 0. The number of nitrogens with zero attached hydrogens (tertiary/aromatic N) is 2. The molecule has 0 saturated heterocycles. The Bertz CT molecular complexity index is 452. The van der Waals surface area contributed by atoms with E-state index in [0.29, 0.717) is 11.7 Å². The van der Waals surface area contributed by atoms with Crippen LogP contribution in [-0.2, 0) is 13.0 Å². The largest absolute Gasteiger partial charge is 0.356 e. The molecule has 0 spiro atoms. The third kappa shape index (κ3) is 3.44. The smallest absolute Gasteiger partial charge is 0.182 e. The topological polar surface area (TPSA) is 53.6 Å². The van der Waals surface area contributed by atoms with Crippen molar-refractivity contribution >= 4 is 28.1 Å². The van der Waals surface area contributed by atoms with Crippen molar-refractivity contribution in [2.45, 2.75) is 32.7 Å². The van der Waals surface area contributed by atoms with Crippen molar-refractivity contribution in [2.75, 3.05) is 5.32 Å². The van der Waals surface area contributed by atoms with E-state index >= 15 is 0 Å². The van der Waals surface area contributed by atoms with E-state index in [1.807, 2.05) is 5.38 Å². The first kappa shape index (κ1) is 12.4. The van der Waals surface area contributed by atoms with Gasteiger partial charge in [0.2, 0.25) is 0 Å². The summed E-state index contributed by atoms with van der Waals surface area (Å²) in [5.41, 5.74) is 0.924. The van der Waals surface area contributed by atoms with Gasteiger partial charge in [0.1, 0.15) is 5.82 Å². The van der Waals surface area contributed by atoms with Crippen molar-refractivity contribution in [1.82, 2.24) is 15.0 Å². The first-order valence-electron chi connectivity index (χ1n) is 5.66. The molecule has 17 heavy (non-hydrogen) atoms. The molecule has 4 nitrogen and oxygen atoms in total. The van der Waals surface area contributed by atoms with Crippen LogP contribution in [0.1, 0.15) is 31.3 Å². The molecule has 6 heteroatoms. The Morgan fingerprint density at radius 2 is 2.41 bits per heavy atom. The second-order valence-corrected chi connectivity index (χ2v) is 5.00. The van der Waals surface area contributed by atoms with Gasteiger partial charge in [-0.1, -0.05) is 24.9 Å². The Labute approximate surface area is 109 Å². The number of hydrogen-bond acceptors (Lipinski definition) is 4. The highest BCUT2D eigenvalue weighted by Crippen LogP contribution is 2.17. The molecule has 0 bridgehead atoms. The van der Waals surface area contributed by atoms with E-state index in [-0.39, 0.29) is 0 Å². The quantitative estimate of drug-likeness (QED) is 0.845. The number of imidazole rings is 1. The Morgan fingerprint density at radius 3 is 3.12 bits per heavy atom. The highest BCUT2D eigenvalue weighted by molar-refractivity contribution is 7.13. The normalized spacial score (nSPS) is 10.7. The Balaban J connectivity index is 1.93. The number of aromatic amines is 1. The molecule has 0 aliphatic heterocycles. The molecule has 2 rings (SSSR count). The van der Waals surface area contributed by atoms with E-state index < -0.39 is 0 Å². The minimum atomic E-state index is 0.556. The van der Waals surface area contributed by atoms with Gasteiger partial charge in [-0.25, -0.2) is 9.97 Å². The van der Waals surface area contributed by atoms with Gasteiger partial charge in [0.05, 0.1) is 12.2 Å². The number of aryl methyl sites for hydroxylation is 1. The molecule has 0 saturated carbocycles. The van der Waals surface area contributed by atoms with Crippen LogP contribution < -0.4 is 5.32 Å². The zero-order chi connectivity index (χ0) is 12.1. The van der Waals surface area contributed by atoms with Gasteiger partial charge in [0.25, 0.3) is 0 Å². The van der Waals surface area contributed by atoms with Gasteiger partial charge in [-0.2, -0.15) is 0 Å². The maximum atomic E-state index is 6.06. The minimum Gasteiger partial charge on any atom is -0.356 e. The molecule has 0 aliphatic carbocycles. The fourth-order valence-electron chi connectivity index (χ4n) is 1.49. The van der Waals surface area contributed by atoms with Crippen molar-refractivity contribution in [3.8, 4) is 0 Å². The summed E-state index contributed by atoms with van der Waals surface area (Å²) in [6.07, 6.45) is 5.01. The molecule has 0 fully saturated rings. The third-order valence-electron chi connectivity index (χ3n) is 2.39. The monoisotopic (exact) mass is 270 g/mol. The second kappa shape index (κ2) is 6.02. The molecular formula is C11H15ClN4S. The van der Waals surface area contributed by atoms with Crippen LogP contribution in [0.2, 0.25) is 5.15 Å². The highest BCUT2D eigenvalue weighted by atomic mass is 35.5. The number of hydrogen-bond donors (Lipinski definition) is 2. The molecule has 2 aromatic rings. The van der Waals surface area contributed by atoms with Gasteiger partial charge in [0.15, 0.2) is 10.3 Å². The van der Waals surface area contributed by atoms with Gasteiger partial charge in [-0.05, 0) is 6.42 Å². The highest BCUT2D eigenvalue weighted by Gasteiger charge is 2.07. The van der Waals surface area contributed by atoms with Crippen molar-refractivity contribution in [1.29, 1.82) is 0 Å². The lowest BCUT2D eigenvalue weighted by molar-refractivity contribution is 0.760. The van der Waals surface area contributed by atoms with Crippen molar-refractivity contribution < 1.29 is 0 Å². The minimum absolute atomic E-state index is 0.556.